The van der Waals surface area contributed by atoms with Gasteiger partial charge in [0, 0.05) is 6.42 Å². The van der Waals surface area contributed by atoms with Gasteiger partial charge in [0.25, 0.3) is 0 Å². The maximum absolute atomic E-state index is 8.55. The van der Waals surface area contributed by atoms with Gasteiger partial charge in [-0.2, -0.15) is 5.26 Å². The molecule has 2 N–H and O–H groups in total. The normalized spacial score (nSPS) is 11.9. The fourth-order valence-corrected chi connectivity index (χ4v) is 1.72. The molecule has 0 saturated heterocycles. The Balaban J connectivity index is 2.82. The second-order valence-electron chi connectivity index (χ2n) is 2.91. The molecule has 0 aromatic heterocycles. The second-order valence-corrected chi connectivity index (χ2v) is 3.76. The first-order valence-electron chi connectivity index (χ1n) is 4.15. The number of nitrogens with zero attached hydrogens (tertiary/aromatic N) is 1. The summed E-state index contributed by atoms with van der Waals surface area (Å²) in [4.78, 5) is 0. The molecule has 74 valence electrons. The topological polar surface area (TPSA) is 59.0 Å². The average Bonchev–Trinajstić information content (AvgIpc) is 2.18. The van der Waals surface area contributed by atoms with E-state index in [4.69, 9.17) is 15.7 Å². The summed E-state index contributed by atoms with van der Waals surface area (Å²) in [6, 6.07) is 7.21. The van der Waals surface area contributed by atoms with Gasteiger partial charge in [0.15, 0.2) is 0 Å². The standard InChI is InChI=1S/C10H11BrN2O/c1-14-10-3-2-7(5-9(10)11)4-8(13)6-12/h2-3,5,8H,4,13H2,1H3. The van der Waals surface area contributed by atoms with Crippen molar-refractivity contribution in [1.29, 1.82) is 5.26 Å². The lowest BCUT2D eigenvalue weighted by Crippen LogP contribution is -2.19. The Hall–Kier alpha value is -1.05. The van der Waals surface area contributed by atoms with Crippen LogP contribution in [0, 0.1) is 11.3 Å². The zero-order valence-electron chi connectivity index (χ0n) is 7.83. The summed E-state index contributed by atoms with van der Waals surface area (Å²) in [6.45, 7) is 0. The third-order valence-corrected chi connectivity index (χ3v) is 2.46. The summed E-state index contributed by atoms with van der Waals surface area (Å²) in [5.41, 5.74) is 6.54. The largest absolute Gasteiger partial charge is 0.496 e. The molecule has 0 saturated carbocycles. The van der Waals surface area contributed by atoms with Crippen LogP contribution in [0.2, 0.25) is 0 Å². The molecule has 14 heavy (non-hydrogen) atoms. The van der Waals surface area contributed by atoms with Crippen molar-refractivity contribution < 1.29 is 4.74 Å². The first-order valence-corrected chi connectivity index (χ1v) is 4.94. The minimum absolute atomic E-state index is 0.449. The molecule has 0 radical (unpaired) electrons. The van der Waals surface area contributed by atoms with E-state index in [0.29, 0.717) is 6.42 Å². The van der Waals surface area contributed by atoms with Gasteiger partial charge in [-0.25, -0.2) is 0 Å². The number of benzene rings is 1. The van der Waals surface area contributed by atoms with E-state index in [-0.39, 0.29) is 0 Å². The Bertz CT molecular complexity index is 360. The number of halogens is 1. The fourth-order valence-electron chi connectivity index (χ4n) is 1.14. The van der Waals surface area contributed by atoms with Gasteiger partial charge in [-0.1, -0.05) is 6.07 Å². The van der Waals surface area contributed by atoms with Gasteiger partial charge in [0.2, 0.25) is 0 Å². The number of rotatable bonds is 3. The molecule has 1 rings (SSSR count). The van der Waals surface area contributed by atoms with Crippen molar-refractivity contribution in [2.24, 2.45) is 5.73 Å². The van der Waals surface area contributed by atoms with Crippen molar-refractivity contribution in [3.63, 3.8) is 0 Å². The number of nitrogens with two attached hydrogens (primary N) is 1. The van der Waals surface area contributed by atoms with Crippen LogP contribution in [0.15, 0.2) is 22.7 Å². The molecule has 0 spiro atoms. The Morgan fingerprint density at radius 1 is 1.64 bits per heavy atom. The van der Waals surface area contributed by atoms with Crippen LogP contribution < -0.4 is 10.5 Å². The van der Waals surface area contributed by atoms with E-state index in [1.165, 1.54) is 0 Å². The molecule has 0 fully saturated rings. The maximum Gasteiger partial charge on any atom is 0.133 e. The highest BCUT2D eigenvalue weighted by Crippen LogP contribution is 2.25. The lowest BCUT2D eigenvalue weighted by Gasteiger charge is -2.06. The van der Waals surface area contributed by atoms with E-state index in [0.717, 1.165) is 15.8 Å². The minimum atomic E-state index is -0.449. The van der Waals surface area contributed by atoms with Gasteiger partial charge >= 0.3 is 0 Å². The van der Waals surface area contributed by atoms with Crippen molar-refractivity contribution in [3.05, 3.63) is 28.2 Å². The summed E-state index contributed by atoms with van der Waals surface area (Å²) < 4.78 is 5.97. The lowest BCUT2D eigenvalue weighted by molar-refractivity contribution is 0.412. The molecular formula is C10H11BrN2O. The van der Waals surface area contributed by atoms with Gasteiger partial charge in [0.1, 0.15) is 5.75 Å². The van der Waals surface area contributed by atoms with Crippen molar-refractivity contribution >= 4 is 15.9 Å². The smallest absolute Gasteiger partial charge is 0.133 e. The summed E-state index contributed by atoms with van der Waals surface area (Å²) in [6.07, 6.45) is 0.555. The van der Waals surface area contributed by atoms with E-state index in [1.54, 1.807) is 7.11 Å². The molecule has 0 aliphatic rings. The van der Waals surface area contributed by atoms with Gasteiger partial charge in [0.05, 0.1) is 23.7 Å². The molecule has 3 nitrogen and oxygen atoms in total. The highest BCUT2D eigenvalue weighted by molar-refractivity contribution is 9.10. The van der Waals surface area contributed by atoms with Crippen LogP contribution >= 0.6 is 15.9 Å². The van der Waals surface area contributed by atoms with Crippen LogP contribution in [0.5, 0.6) is 5.75 Å². The Morgan fingerprint density at radius 2 is 2.36 bits per heavy atom. The summed E-state index contributed by atoms with van der Waals surface area (Å²) >= 11 is 3.37. The molecule has 0 heterocycles. The highest BCUT2D eigenvalue weighted by atomic mass is 79.9. The van der Waals surface area contributed by atoms with E-state index in [2.05, 4.69) is 15.9 Å². The maximum atomic E-state index is 8.55. The van der Waals surface area contributed by atoms with Crippen molar-refractivity contribution in [2.75, 3.05) is 7.11 Å². The third kappa shape index (κ3) is 2.72. The highest BCUT2D eigenvalue weighted by Gasteiger charge is 2.05. The van der Waals surface area contributed by atoms with Crippen LogP contribution in [0.4, 0.5) is 0 Å². The van der Waals surface area contributed by atoms with Crippen LogP contribution in [-0.4, -0.2) is 13.2 Å². The Labute approximate surface area is 91.6 Å². The summed E-state index contributed by atoms with van der Waals surface area (Å²) in [7, 11) is 1.61. The van der Waals surface area contributed by atoms with Crippen molar-refractivity contribution in [3.8, 4) is 11.8 Å². The molecule has 0 amide bonds. The summed E-state index contributed by atoms with van der Waals surface area (Å²) in [5, 5.41) is 8.55. The lowest BCUT2D eigenvalue weighted by atomic mass is 10.1. The van der Waals surface area contributed by atoms with Gasteiger partial charge in [-0.3, -0.25) is 0 Å². The molecule has 1 atom stereocenters. The van der Waals surface area contributed by atoms with Gasteiger partial charge in [-0.15, -0.1) is 0 Å². The van der Waals surface area contributed by atoms with Crippen LogP contribution in [0.1, 0.15) is 5.56 Å². The molecule has 1 aromatic rings. The second kappa shape index (κ2) is 4.99. The monoisotopic (exact) mass is 254 g/mol. The molecule has 0 aliphatic heterocycles. The van der Waals surface area contributed by atoms with Crippen LogP contribution in [-0.2, 0) is 6.42 Å². The number of methoxy groups -OCH3 is 1. The van der Waals surface area contributed by atoms with Crippen molar-refractivity contribution in [1.82, 2.24) is 0 Å². The molecule has 1 aromatic carbocycles. The van der Waals surface area contributed by atoms with Crippen molar-refractivity contribution in [2.45, 2.75) is 12.5 Å². The SMILES string of the molecule is COc1ccc(CC(N)C#N)cc1Br. The van der Waals surface area contributed by atoms with Crippen LogP contribution in [0.3, 0.4) is 0 Å². The number of hydrogen-bond donors (Lipinski definition) is 1. The number of nitriles is 1. The van der Waals surface area contributed by atoms with Gasteiger partial charge < -0.3 is 10.5 Å². The predicted molar refractivity (Wildman–Crippen MR) is 58.0 cm³/mol. The molecule has 0 bridgehead atoms. The zero-order chi connectivity index (χ0) is 10.6. The molecule has 4 heteroatoms. The first-order chi connectivity index (χ1) is 6.67. The minimum Gasteiger partial charge on any atom is -0.496 e. The quantitative estimate of drug-likeness (QED) is 0.896. The van der Waals surface area contributed by atoms with E-state index >= 15 is 0 Å². The number of hydrogen-bond acceptors (Lipinski definition) is 3. The molecular weight excluding hydrogens is 244 g/mol. The zero-order valence-corrected chi connectivity index (χ0v) is 9.41. The molecule has 1 unspecified atom stereocenters. The predicted octanol–water partition coefficient (Wildman–Crippen LogP) is 1.85. The molecule has 0 aliphatic carbocycles. The fraction of sp³-hybridized carbons (Fsp3) is 0.300. The van der Waals surface area contributed by atoms with E-state index in [9.17, 15) is 0 Å². The first kappa shape index (κ1) is 11.0. The average molecular weight is 255 g/mol. The van der Waals surface area contributed by atoms with Crippen LogP contribution in [0.25, 0.3) is 0 Å². The van der Waals surface area contributed by atoms with Gasteiger partial charge in [-0.05, 0) is 33.6 Å². The number of ether oxygens (including phenoxy) is 1. The van der Waals surface area contributed by atoms with E-state index in [1.807, 2.05) is 24.3 Å². The van der Waals surface area contributed by atoms with E-state index < -0.39 is 6.04 Å². The third-order valence-electron chi connectivity index (χ3n) is 1.84. The Kier molecular flexibility index (Phi) is 3.93. The summed E-state index contributed by atoms with van der Waals surface area (Å²) in [5.74, 6) is 0.777. The Morgan fingerprint density at radius 3 is 2.86 bits per heavy atom.